The molecule has 0 spiro atoms. The summed E-state index contributed by atoms with van der Waals surface area (Å²) in [5.74, 6) is -1.14. The zero-order valence-corrected chi connectivity index (χ0v) is 23.1. The maximum absolute atomic E-state index is 15.2. The molecule has 1 aromatic carbocycles. The molecule has 7 rings (SSSR count). The average molecular weight is 561 g/mol. The molecule has 5 aromatic rings. The number of pyridine rings is 1. The van der Waals surface area contributed by atoms with Crippen molar-refractivity contribution in [3.63, 3.8) is 0 Å². The highest BCUT2D eigenvalue weighted by Gasteiger charge is 2.34. The van der Waals surface area contributed by atoms with Gasteiger partial charge in [-0.2, -0.15) is 4.39 Å². The molecule has 41 heavy (non-hydrogen) atoms. The number of rotatable bonds is 4. The van der Waals surface area contributed by atoms with Gasteiger partial charge in [-0.3, -0.25) is 9.25 Å². The van der Waals surface area contributed by atoms with E-state index in [0.717, 1.165) is 16.7 Å². The van der Waals surface area contributed by atoms with Crippen molar-refractivity contribution in [2.24, 2.45) is 7.05 Å². The number of hydrogen-bond acceptors (Lipinski definition) is 7. The number of fused-ring (bicyclic) bond motifs is 4. The maximum Gasteiger partial charge on any atom is 0.420 e. The Labute approximate surface area is 233 Å². The van der Waals surface area contributed by atoms with Crippen LogP contribution in [0.1, 0.15) is 50.3 Å². The lowest BCUT2D eigenvalue weighted by Gasteiger charge is -2.18. The van der Waals surface area contributed by atoms with E-state index in [2.05, 4.69) is 26.4 Å². The standard InChI is InChI=1S/C29H29FN6O5/c1-29(2)19-8-5-14(9-15(19)13-40-29)21-22-24-20(11-31-26(22)33-23(21)18-12-35(3)34-25(18)30)41-28(38)36(24)17-7-6-16(10-17)32-27(37)39-4/h5,8-9,11-12,16-17H,6-7,10,13H2,1-4H3,(H,31,33)(H,32,37)/t16-,17-/m1/s1. The van der Waals surface area contributed by atoms with E-state index in [1.165, 1.54) is 18.0 Å². The highest BCUT2D eigenvalue weighted by molar-refractivity contribution is 6.13. The van der Waals surface area contributed by atoms with Gasteiger partial charge < -0.3 is 24.2 Å². The molecular formula is C29H29FN6O5. The van der Waals surface area contributed by atoms with Gasteiger partial charge in [-0.15, -0.1) is 5.10 Å². The number of alkyl carbamates (subject to hydrolysis) is 1. The Kier molecular flexibility index (Phi) is 5.62. The van der Waals surface area contributed by atoms with E-state index >= 15 is 4.39 Å². The minimum atomic E-state index is -0.626. The van der Waals surface area contributed by atoms with E-state index in [9.17, 15) is 9.59 Å². The second kappa shape index (κ2) is 9.03. The quantitative estimate of drug-likeness (QED) is 0.320. The van der Waals surface area contributed by atoms with Crippen molar-refractivity contribution < 1.29 is 23.1 Å². The molecule has 0 unspecified atom stereocenters. The molecule has 2 N–H and O–H groups in total. The number of oxazole rings is 1. The minimum Gasteiger partial charge on any atom is -0.453 e. The number of methoxy groups -OCH3 is 1. The maximum atomic E-state index is 15.2. The van der Waals surface area contributed by atoms with Gasteiger partial charge in [-0.05, 0) is 55.9 Å². The number of nitrogens with zero attached hydrogens (tertiary/aromatic N) is 4. The molecule has 0 bridgehead atoms. The van der Waals surface area contributed by atoms with E-state index in [-0.39, 0.29) is 17.6 Å². The summed E-state index contributed by atoms with van der Waals surface area (Å²) in [5.41, 5.74) is 5.40. The number of hydrogen-bond donors (Lipinski definition) is 2. The molecule has 212 valence electrons. The number of amides is 1. The molecule has 12 heteroatoms. The predicted octanol–water partition coefficient (Wildman–Crippen LogP) is 4.89. The van der Waals surface area contributed by atoms with E-state index in [1.807, 2.05) is 26.0 Å². The second-order valence-corrected chi connectivity index (χ2v) is 11.3. The monoisotopic (exact) mass is 560 g/mol. The molecule has 1 saturated carbocycles. The number of H-pyrrole nitrogens is 1. The number of nitrogens with one attached hydrogen (secondary N) is 2. The number of aromatic nitrogens is 5. The van der Waals surface area contributed by atoms with Gasteiger partial charge in [0.1, 0.15) is 11.2 Å². The van der Waals surface area contributed by atoms with Gasteiger partial charge in [0.05, 0.1) is 42.2 Å². The number of aryl methyl sites for hydroxylation is 1. The lowest BCUT2D eigenvalue weighted by atomic mass is 9.91. The van der Waals surface area contributed by atoms with Crippen molar-refractivity contribution in [2.45, 2.75) is 57.4 Å². The van der Waals surface area contributed by atoms with Crippen molar-refractivity contribution in [1.29, 1.82) is 0 Å². The molecule has 1 aliphatic heterocycles. The summed E-state index contributed by atoms with van der Waals surface area (Å²) < 4.78 is 34.7. The number of halogens is 1. The van der Waals surface area contributed by atoms with Crippen LogP contribution in [-0.2, 0) is 28.7 Å². The van der Waals surface area contributed by atoms with Gasteiger partial charge in [0.25, 0.3) is 0 Å². The zero-order valence-electron chi connectivity index (χ0n) is 23.1. The zero-order chi connectivity index (χ0) is 28.6. The summed E-state index contributed by atoms with van der Waals surface area (Å²) >= 11 is 0. The first kappa shape index (κ1) is 25.5. The lowest BCUT2D eigenvalue weighted by molar-refractivity contribution is -0.00789. The molecule has 1 amide bonds. The molecule has 0 saturated heterocycles. The first-order valence-electron chi connectivity index (χ1n) is 13.5. The van der Waals surface area contributed by atoms with Crippen molar-refractivity contribution in [3.8, 4) is 22.4 Å². The van der Waals surface area contributed by atoms with Crippen molar-refractivity contribution >= 4 is 28.2 Å². The summed E-state index contributed by atoms with van der Waals surface area (Å²) in [5, 5.41) is 7.41. The van der Waals surface area contributed by atoms with Crippen LogP contribution in [-0.4, -0.2) is 43.6 Å². The normalized spacial score (nSPS) is 19.7. The summed E-state index contributed by atoms with van der Waals surface area (Å²) in [6.45, 7) is 4.51. The van der Waals surface area contributed by atoms with E-state index in [0.29, 0.717) is 59.3 Å². The van der Waals surface area contributed by atoms with Crippen molar-refractivity contribution in [2.75, 3.05) is 7.11 Å². The van der Waals surface area contributed by atoms with Gasteiger partial charge in [0.15, 0.2) is 5.58 Å². The Hall–Kier alpha value is -4.45. The van der Waals surface area contributed by atoms with Crippen LogP contribution in [0.15, 0.2) is 39.8 Å². The number of carbonyl (C=O) groups is 1. The van der Waals surface area contributed by atoms with E-state index in [1.54, 1.807) is 17.8 Å². The first-order valence-corrected chi connectivity index (χ1v) is 13.5. The molecule has 2 aliphatic rings. The SMILES string of the molecule is COC(=O)N[C@@H]1CC[C@@H](n2c(=O)oc3cnc4[nH]c(-c5cn(C)nc5F)c(-c5ccc6c(c5)COC6(C)C)c4c32)C1. The van der Waals surface area contributed by atoms with Crippen LogP contribution in [0.3, 0.4) is 0 Å². The fourth-order valence-electron chi connectivity index (χ4n) is 6.46. The van der Waals surface area contributed by atoms with Crippen LogP contribution in [0.25, 0.3) is 44.5 Å². The molecule has 4 aromatic heterocycles. The Balaban J connectivity index is 1.48. The number of ether oxygens (including phenoxy) is 2. The highest BCUT2D eigenvalue weighted by Crippen LogP contribution is 2.45. The molecule has 2 atom stereocenters. The summed E-state index contributed by atoms with van der Waals surface area (Å²) in [6, 6.07) is 5.70. The highest BCUT2D eigenvalue weighted by atomic mass is 19.1. The largest absolute Gasteiger partial charge is 0.453 e. The van der Waals surface area contributed by atoms with E-state index in [4.69, 9.17) is 13.9 Å². The van der Waals surface area contributed by atoms with Crippen LogP contribution in [0.2, 0.25) is 0 Å². The molecular weight excluding hydrogens is 531 g/mol. The molecule has 1 aliphatic carbocycles. The third kappa shape index (κ3) is 3.96. The van der Waals surface area contributed by atoms with Gasteiger partial charge in [0.2, 0.25) is 5.95 Å². The second-order valence-electron chi connectivity index (χ2n) is 11.3. The van der Waals surface area contributed by atoms with Crippen LogP contribution < -0.4 is 11.1 Å². The predicted molar refractivity (Wildman–Crippen MR) is 148 cm³/mol. The first-order chi connectivity index (χ1) is 19.6. The van der Waals surface area contributed by atoms with Gasteiger partial charge in [-0.25, -0.2) is 14.6 Å². The number of benzene rings is 1. The molecule has 5 heterocycles. The Morgan fingerprint density at radius 3 is 2.88 bits per heavy atom. The topological polar surface area (TPSA) is 129 Å². The Morgan fingerprint density at radius 1 is 1.29 bits per heavy atom. The third-order valence-corrected chi connectivity index (χ3v) is 8.36. The molecule has 0 radical (unpaired) electrons. The average Bonchev–Trinajstić information content (AvgIpc) is 3.73. The lowest BCUT2D eigenvalue weighted by Crippen LogP contribution is -2.33. The van der Waals surface area contributed by atoms with Gasteiger partial charge in [-0.1, -0.05) is 12.1 Å². The van der Waals surface area contributed by atoms with Crippen LogP contribution in [0.4, 0.5) is 9.18 Å². The van der Waals surface area contributed by atoms with Crippen LogP contribution in [0, 0.1) is 5.95 Å². The van der Waals surface area contributed by atoms with E-state index < -0.39 is 23.4 Å². The molecule has 1 fully saturated rings. The molecule has 11 nitrogen and oxygen atoms in total. The summed E-state index contributed by atoms with van der Waals surface area (Å²) in [6.07, 6.45) is 4.48. The Morgan fingerprint density at radius 2 is 2.12 bits per heavy atom. The third-order valence-electron chi connectivity index (χ3n) is 8.36. The minimum absolute atomic E-state index is 0.146. The summed E-state index contributed by atoms with van der Waals surface area (Å²) in [4.78, 5) is 33.0. The number of carbonyl (C=O) groups excluding carboxylic acids is 1. The number of aromatic amines is 1. The van der Waals surface area contributed by atoms with Crippen molar-refractivity contribution in [3.05, 3.63) is 58.2 Å². The van der Waals surface area contributed by atoms with Crippen LogP contribution in [0.5, 0.6) is 0 Å². The smallest absolute Gasteiger partial charge is 0.420 e. The van der Waals surface area contributed by atoms with Crippen molar-refractivity contribution in [1.82, 2.24) is 29.6 Å². The van der Waals surface area contributed by atoms with Crippen LogP contribution >= 0.6 is 0 Å². The fraction of sp³-hybridized carbons (Fsp3) is 0.379. The summed E-state index contributed by atoms with van der Waals surface area (Å²) in [7, 11) is 2.98. The Bertz CT molecular complexity index is 1910. The van der Waals surface area contributed by atoms with Gasteiger partial charge >= 0.3 is 11.8 Å². The van der Waals surface area contributed by atoms with Gasteiger partial charge in [0, 0.05) is 30.9 Å². The fourth-order valence-corrected chi connectivity index (χ4v) is 6.46.